The minimum Gasteiger partial charge on any atom is -0.494 e. The van der Waals surface area contributed by atoms with E-state index in [1.165, 1.54) is 13.2 Å². The molecule has 0 aliphatic heterocycles. The minimum absolute atomic E-state index is 0. The molecule has 0 saturated carbocycles. The highest BCUT2D eigenvalue weighted by molar-refractivity contribution is 14.0. The summed E-state index contributed by atoms with van der Waals surface area (Å²) in [7, 11) is 1.45. The molecule has 8 heteroatoms. The number of ether oxygens (including phenoxy) is 1. The van der Waals surface area contributed by atoms with E-state index in [9.17, 15) is 4.39 Å². The summed E-state index contributed by atoms with van der Waals surface area (Å²) in [5.41, 5.74) is 1.71. The number of aliphatic imine (C=N–C) groups is 1. The Bertz CT molecular complexity index is 749. The van der Waals surface area contributed by atoms with Crippen LogP contribution in [-0.2, 0) is 6.54 Å². The van der Waals surface area contributed by atoms with Gasteiger partial charge in [0.1, 0.15) is 6.54 Å². The molecule has 2 N–H and O–H groups in total. The SMILES string of the molecule is CCNC(=NCc1cc(C(C)C)no1)NC(C)c1ccc(OC)c(F)c1.I. The second kappa shape index (κ2) is 11.1. The normalized spacial score (nSPS) is 12.5. The van der Waals surface area contributed by atoms with Crippen LogP contribution in [0.3, 0.4) is 0 Å². The molecule has 0 amide bonds. The molecular weight excluding hydrogens is 462 g/mol. The lowest BCUT2D eigenvalue weighted by molar-refractivity contribution is 0.376. The molecule has 1 heterocycles. The van der Waals surface area contributed by atoms with E-state index in [0.717, 1.165) is 11.3 Å². The zero-order valence-electron chi connectivity index (χ0n) is 16.4. The van der Waals surface area contributed by atoms with E-state index < -0.39 is 0 Å². The third kappa shape index (κ3) is 6.67. The highest BCUT2D eigenvalue weighted by atomic mass is 127. The van der Waals surface area contributed by atoms with Crippen LogP contribution in [0.1, 0.15) is 56.7 Å². The van der Waals surface area contributed by atoms with E-state index >= 15 is 0 Å². The molecule has 1 aromatic heterocycles. The summed E-state index contributed by atoms with van der Waals surface area (Å²) in [6, 6.07) is 6.70. The van der Waals surface area contributed by atoms with Crippen molar-refractivity contribution in [2.24, 2.45) is 4.99 Å². The molecule has 0 fully saturated rings. The molecule has 2 aromatic rings. The number of hydrogen-bond acceptors (Lipinski definition) is 4. The second-order valence-corrected chi connectivity index (χ2v) is 6.33. The van der Waals surface area contributed by atoms with Crippen LogP contribution in [-0.4, -0.2) is 24.8 Å². The van der Waals surface area contributed by atoms with Gasteiger partial charge in [0.05, 0.1) is 18.8 Å². The first-order chi connectivity index (χ1) is 12.4. The number of benzene rings is 1. The van der Waals surface area contributed by atoms with Crippen LogP contribution in [0.5, 0.6) is 5.75 Å². The predicted molar refractivity (Wildman–Crippen MR) is 115 cm³/mol. The van der Waals surface area contributed by atoms with Gasteiger partial charge < -0.3 is 19.9 Å². The van der Waals surface area contributed by atoms with E-state index in [0.29, 0.717) is 30.7 Å². The molecule has 0 bridgehead atoms. The van der Waals surface area contributed by atoms with Gasteiger partial charge in [0.15, 0.2) is 23.3 Å². The standard InChI is InChI=1S/C19H27FN4O2.HI/c1-6-21-19(22-11-15-10-17(12(2)3)24-26-15)23-13(4)14-7-8-18(25-5)16(20)9-14;/h7-10,12-13H,6,11H2,1-5H3,(H2,21,22,23);1H. The van der Waals surface area contributed by atoms with Crippen LogP contribution in [0, 0.1) is 5.82 Å². The monoisotopic (exact) mass is 490 g/mol. The highest BCUT2D eigenvalue weighted by Gasteiger charge is 2.12. The van der Waals surface area contributed by atoms with Gasteiger partial charge in [-0.1, -0.05) is 25.1 Å². The summed E-state index contributed by atoms with van der Waals surface area (Å²) in [5.74, 6) is 1.48. The van der Waals surface area contributed by atoms with Crippen molar-refractivity contribution in [1.82, 2.24) is 15.8 Å². The lowest BCUT2D eigenvalue weighted by Gasteiger charge is -2.18. The number of methoxy groups -OCH3 is 1. The Balaban J connectivity index is 0.00000364. The molecule has 0 radical (unpaired) electrons. The van der Waals surface area contributed by atoms with Gasteiger partial charge in [-0.05, 0) is 37.5 Å². The molecule has 0 spiro atoms. The Morgan fingerprint density at radius 3 is 2.59 bits per heavy atom. The van der Waals surface area contributed by atoms with Crippen molar-refractivity contribution in [2.75, 3.05) is 13.7 Å². The Hall–Kier alpha value is -1.84. The van der Waals surface area contributed by atoms with Crippen molar-refractivity contribution in [3.05, 3.63) is 47.1 Å². The lowest BCUT2D eigenvalue weighted by atomic mass is 10.1. The summed E-state index contributed by atoms with van der Waals surface area (Å²) in [6.45, 7) is 9.14. The Morgan fingerprint density at radius 2 is 2.04 bits per heavy atom. The molecule has 2 rings (SSSR count). The maximum absolute atomic E-state index is 13.9. The molecule has 1 unspecified atom stereocenters. The van der Waals surface area contributed by atoms with Crippen molar-refractivity contribution >= 4 is 29.9 Å². The van der Waals surface area contributed by atoms with Gasteiger partial charge in [-0.3, -0.25) is 0 Å². The lowest BCUT2D eigenvalue weighted by Crippen LogP contribution is -2.38. The van der Waals surface area contributed by atoms with Gasteiger partial charge in [-0.25, -0.2) is 9.38 Å². The van der Waals surface area contributed by atoms with Crippen molar-refractivity contribution in [1.29, 1.82) is 0 Å². The Labute approximate surface area is 177 Å². The fourth-order valence-corrected chi connectivity index (χ4v) is 2.39. The second-order valence-electron chi connectivity index (χ2n) is 6.33. The Morgan fingerprint density at radius 1 is 1.30 bits per heavy atom. The number of halogens is 2. The third-order valence-corrected chi connectivity index (χ3v) is 3.94. The van der Waals surface area contributed by atoms with E-state index in [-0.39, 0.29) is 41.6 Å². The summed E-state index contributed by atoms with van der Waals surface area (Å²) in [5, 5.41) is 10.5. The molecule has 6 nitrogen and oxygen atoms in total. The number of nitrogens with zero attached hydrogens (tertiary/aromatic N) is 2. The van der Waals surface area contributed by atoms with Crippen LogP contribution in [0.4, 0.5) is 4.39 Å². The smallest absolute Gasteiger partial charge is 0.192 e. The van der Waals surface area contributed by atoms with Crippen molar-refractivity contribution in [3.8, 4) is 5.75 Å². The molecule has 1 atom stereocenters. The first-order valence-electron chi connectivity index (χ1n) is 8.78. The maximum atomic E-state index is 13.9. The summed E-state index contributed by atoms with van der Waals surface area (Å²) < 4.78 is 24.2. The molecule has 0 aliphatic rings. The van der Waals surface area contributed by atoms with E-state index in [2.05, 4.69) is 34.6 Å². The number of nitrogens with one attached hydrogen (secondary N) is 2. The predicted octanol–water partition coefficient (Wildman–Crippen LogP) is 4.38. The number of hydrogen-bond donors (Lipinski definition) is 2. The topological polar surface area (TPSA) is 71.7 Å². The molecule has 0 aliphatic carbocycles. The van der Waals surface area contributed by atoms with Crippen LogP contribution < -0.4 is 15.4 Å². The molecule has 0 saturated heterocycles. The highest BCUT2D eigenvalue weighted by Crippen LogP contribution is 2.21. The fraction of sp³-hybridized carbons (Fsp3) is 0.474. The zero-order chi connectivity index (χ0) is 19.1. The van der Waals surface area contributed by atoms with Crippen LogP contribution in [0.25, 0.3) is 0 Å². The largest absolute Gasteiger partial charge is 0.494 e. The van der Waals surface area contributed by atoms with E-state index in [1.54, 1.807) is 6.07 Å². The van der Waals surface area contributed by atoms with Crippen LogP contribution in [0.15, 0.2) is 33.8 Å². The Kier molecular flexibility index (Phi) is 9.54. The average molecular weight is 490 g/mol. The quantitative estimate of drug-likeness (QED) is 0.343. The fourth-order valence-electron chi connectivity index (χ4n) is 2.39. The summed E-state index contributed by atoms with van der Waals surface area (Å²) in [6.07, 6.45) is 0. The van der Waals surface area contributed by atoms with Gasteiger partial charge in [-0.15, -0.1) is 24.0 Å². The molecule has 27 heavy (non-hydrogen) atoms. The zero-order valence-corrected chi connectivity index (χ0v) is 18.7. The van der Waals surface area contributed by atoms with E-state index in [1.807, 2.05) is 26.0 Å². The van der Waals surface area contributed by atoms with Crippen LogP contribution in [0.2, 0.25) is 0 Å². The summed E-state index contributed by atoms with van der Waals surface area (Å²) >= 11 is 0. The first-order valence-corrected chi connectivity index (χ1v) is 8.78. The number of aromatic nitrogens is 1. The average Bonchev–Trinajstić information content (AvgIpc) is 3.09. The van der Waals surface area contributed by atoms with Gasteiger partial charge in [0.2, 0.25) is 0 Å². The van der Waals surface area contributed by atoms with Crippen LogP contribution >= 0.6 is 24.0 Å². The van der Waals surface area contributed by atoms with Gasteiger partial charge in [-0.2, -0.15) is 0 Å². The summed E-state index contributed by atoms with van der Waals surface area (Å²) in [4.78, 5) is 4.52. The molecular formula is C19H28FIN4O2. The number of rotatable bonds is 7. The van der Waals surface area contributed by atoms with Crippen molar-refractivity contribution in [2.45, 2.75) is 46.2 Å². The van der Waals surface area contributed by atoms with Crippen molar-refractivity contribution < 1.29 is 13.7 Å². The third-order valence-electron chi connectivity index (χ3n) is 3.94. The van der Waals surface area contributed by atoms with Gasteiger partial charge >= 0.3 is 0 Å². The first kappa shape index (κ1) is 23.2. The van der Waals surface area contributed by atoms with Crippen molar-refractivity contribution in [3.63, 3.8) is 0 Å². The van der Waals surface area contributed by atoms with E-state index in [4.69, 9.17) is 9.26 Å². The molecule has 150 valence electrons. The van der Waals surface area contributed by atoms with Gasteiger partial charge in [0.25, 0.3) is 0 Å². The maximum Gasteiger partial charge on any atom is 0.192 e. The molecule has 1 aromatic carbocycles. The van der Waals surface area contributed by atoms with Gasteiger partial charge in [0, 0.05) is 12.6 Å². The number of guanidine groups is 1. The minimum atomic E-state index is -0.386.